The van der Waals surface area contributed by atoms with Crippen LogP contribution in [0.1, 0.15) is 32.6 Å². The van der Waals surface area contributed by atoms with Gasteiger partial charge in [-0.15, -0.1) is 0 Å². The molecule has 3 rings (SSSR count). The highest BCUT2D eigenvalue weighted by molar-refractivity contribution is 4.87. The van der Waals surface area contributed by atoms with Crippen LogP contribution in [0.3, 0.4) is 0 Å². The molecule has 2 heterocycles. The van der Waals surface area contributed by atoms with Gasteiger partial charge in [0.2, 0.25) is 0 Å². The monoisotopic (exact) mass is 267 g/mol. The molecule has 2 unspecified atom stereocenters. The van der Waals surface area contributed by atoms with E-state index in [1.807, 2.05) is 0 Å². The maximum atomic E-state index is 5.45. The van der Waals surface area contributed by atoms with E-state index in [0.717, 1.165) is 44.4 Å². The van der Waals surface area contributed by atoms with Crippen LogP contribution in [0.25, 0.3) is 0 Å². The Bertz CT molecular complexity index is 277. The fourth-order valence-corrected chi connectivity index (χ4v) is 3.38. The van der Waals surface area contributed by atoms with Crippen LogP contribution in [-0.2, 0) is 4.74 Å². The molecular weight excluding hydrogens is 238 g/mol. The van der Waals surface area contributed by atoms with E-state index < -0.39 is 0 Å². The average Bonchev–Trinajstić information content (AvgIpc) is 3.13. The second-order valence-corrected chi connectivity index (χ2v) is 6.45. The van der Waals surface area contributed by atoms with Crippen LogP contribution in [0.4, 0.5) is 0 Å². The summed E-state index contributed by atoms with van der Waals surface area (Å²) >= 11 is 0. The van der Waals surface area contributed by atoms with Gasteiger partial charge in [-0.05, 0) is 39.2 Å². The van der Waals surface area contributed by atoms with Gasteiger partial charge in [-0.2, -0.15) is 0 Å². The first-order chi connectivity index (χ1) is 9.33. The minimum Gasteiger partial charge on any atom is -0.379 e. The van der Waals surface area contributed by atoms with Gasteiger partial charge < -0.3 is 10.1 Å². The van der Waals surface area contributed by atoms with Crippen LogP contribution in [0, 0.1) is 0 Å². The molecule has 0 aromatic rings. The molecule has 1 saturated carbocycles. The fraction of sp³-hybridized carbons (Fsp3) is 1.00. The zero-order chi connectivity index (χ0) is 13.1. The predicted octanol–water partition coefficient (Wildman–Crippen LogP) is 0.924. The Kier molecular flexibility index (Phi) is 4.74. The molecule has 3 aliphatic rings. The van der Waals surface area contributed by atoms with Crippen LogP contribution in [0.5, 0.6) is 0 Å². The van der Waals surface area contributed by atoms with Gasteiger partial charge in [0.1, 0.15) is 0 Å². The maximum Gasteiger partial charge on any atom is 0.0594 e. The highest BCUT2D eigenvalue weighted by atomic mass is 16.5. The summed E-state index contributed by atoms with van der Waals surface area (Å²) in [6.45, 7) is 10.3. The van der Waals surface area contributed by atoms with Crippen molar-refractivity contribution in [2.75, 3.05) is 45.9 Å². The van der Waals surface area contributed by atoms with Crippen LogP contribution >= 0.6 is 0 Å². The minimum absolute atomic E-state index is 0.734. The smallest absolute Gasteiger partial charge is 0.0594 e. The Hall–Kier alpha value is -0.160. The molecule has 2 atom stereocenters. The van der Waals surface area contributed by atoms with Crippen LogP contribution in [-0.4, -0.2) is 73.9 Å². The quantitative estimate of drug-likeness (QED) is 0.775. The summed E-state index contributed by atoms with van der Waals surface area (Å²) in [6.07, 6.45) is 5.45. The maximum absolute atomic E-state index is 5.45. The molecule has 0 aromatic heterocycles. The van der Waals surface area contributed by atoms with Gasteiger partial charge in [0, 0.05) is 44.3 Å². The van der Waals surface area contributed by atoms with Crippen molar-refractivity contribution in [3.8, 4) is 0 Å². The van der Waals surface area contributed by atoms with E-state index in [1.165, 1.54) is 45.3 Å². The highest BCUT2D eigenvalue weighted by Crippen LogP contribution is 2.21. The summed E-state index contributed by atoms with van der Waals surface area (Å²) < 4.78 is 5.45. The first-order valence-electron chi connectivity index (χ1n) is 8.12. The lowest BCUT2D eigenvalue weighted by Gasteiger charge is -2.33. The largest absolute Gasteiger partial charge is 0.379 e. The van der Waals surface area contributed by atoms with Crippen molar-refractivity contribution in [3.05, 3.63) is 0 Å². The van der Waals surface area contributed by atoms with E-state index in [-0.39, 0.29) is 0 Å². The Balaban J connectivity index is 1.37. The van der Waals surface area contributed by atoms with E-state index in [2.05, 4.69) is 22.0 Å². The summed E-state index contributed by atoms with van der Waals surface area (Å²) in [5.74, 6) is 0. The topological polar surface area (TPSA) is 27.7 Å². The van der Waals surface area contributed by atoms with Crippen LogP contribution in [0.15, 0.2) is 0 Å². The summed E-state index contributed by atoms with van der Waals surface area (Å²) in [5.41, 5.74) is 0. The summed E-state index contributed by atoms with van der Waals surface area (Å²) in [7, 11) is 0. The number of nitrogens with zero attached hydrogens (tertiary/aromatic N) is 2. The van der Waals surface area contributed by atoms with Crippen LogP contribution < -0.4 is 5.32 Å². The highest BCUT2D eigenvalue weighted by Gasteiger charge is 2.30. The van der Waals surface area contributed by atoms with Crippen molar-refractivity contribution in [2.24, 2.45) is 0 Å². The van der Waals surface area contributed by atoms with Crippen LogP contribution in [0.2, 0.25) is 0 Å². The van der Waals surface area contributed by atoms with Gasteiger partial charge in [0.15, 0.2) is 0 Å². The summed E-state index contributed by atoms with van der Waals surface area (Å²) in [6, 6.07) is 2.37. The minimum atomic E-state index is 0.734. The van der Waals surface area contributed by atoms with Gasteiger partial charge in [-0.1, -0.05) is 0 Å². The molecule has 0 bridgehead atoms. The molecule has 2 aliphatic heterocycles. The van der Waals surface area contributed by atoms with Gasteiger partial charge in [-0.3, -0.25) is 9.80 Å². The van der Waals surface area contributed by atoms with Crippen molar-refractivity contribution < 1.29 is 4.74 Å². The molecular formula is C15H29N3O. The zero-order valence-corrected chi connectivity index (χ0v) is 12.3. The second-order valence-electron chi connectivity index (χ2n) is 6.45. The first kappa shape index (κ1) is 13.8. The molecule has 0 radical (unpaired) electrons. The fourth-order valence-electron chi connectivity index (χ4n) is 3.38. The molecule has 19 heavy (non-hydrogen) atoms. The van der Waals surface area contributed by atoms with Gasteiger partial charge in [0.05, 0.1) is 13.2 Å². The zero-order valence-electron chi connectivity index (χ0n) is 12.3. The molecule has 4 nitrogen and oxygen atoms in total. The van der Waals surface area contributed by atoms with Crippen molar-refractivity contribution in [1.29, 1.82) is 0 Å². The number of rotatable bonds is 6. The third kappa shape index (κ3) is 3.91. The van der Waals surface area contributed by atoms with Crippen molar-refractivity contribution in [2.45, 2.75) is 50.7 Å². The lowest BCUT2D eigenvalue weighted by molar-refractivity contribution is 0.0177. The standard InChI is InChI=1S/C15H29N3O/c1-13(4-6-16-14-2-3-14)18-7-5-15(12-18)17-8-10-19-11-9-17/h13-16H,2-12H2,1H3. The van der Waals surface area contributed by atoms with E-state index in [1.54, 1.807) is 0 Å². The molecule has 110 valence electrons. The average molecular weight is 267 g/mol. The first-order valence-corrected chi connectivity index (χ1v) is 8.12. The lowest BCUT2D eigenvalue weighted by Crippen LogP contribution is -2.45. The second kappa shape index (κ2) is 6.53. The third-order valence-electron chi connectivity index (χ3n) is 4.95. The lowest BCUT2D eigenvalue weighted by atomic mass is 10.2. The molecule has 3 fully saturated rings. The Morgan fingerprint density at radius 2 is 1.95 bits per heavy atom. The molecule has 0 spiro atoms. The molecule has 2 saturated heterocycles. The Morgan fingerprint density at radius 1 is 1.16 bits per heavy atom. The van der Waals surface area contributed by atoms with E-state index in [4.69, 9.17) is 4.74 Å². The number of hydrogen-bond acceptors (Lipinski definition) is 4. The SMILES string of the molecule is CC(CCNC1CC1)N1CCC(N2CCOCC2)C1. The summed E-state index contributed by atoms with van der Waals surface area (Å²) in [5, 5.41) is 3.63. The number of likely N-dealkylation sites (tertiary alicyclic amines) is 1. The molecule has 4 heteroatoms. The van der Waals surface area contributed by atoms with E-state index in [9.17, 15) is 0 Å². The molecule has 1 aliphatic carbocycles. The predicted molar refractivity (Wildman–Crippen MR) is 77.5 cm³/mol. The van der Waals surface area contributed by atoms with Gasteiger partial charge in [0.25, 0.3) is 0 Å². The Labute approximate surface area is 117 Å². The number of morpholine rings is 1. The molecule has 0 aromatic carbocycles. The van der Waals surface area contributed by atoms with Gasteiger partial charge >= 0.3 is 0 Å². The normalized spacial score (nSPS) is 31.7. The number of hydrogen-bond donors (Lipinski definition) is 1. The van der Waals surface area contributed by atoms with E-state index in [0.29, 0.717) is 0 Å². The Morgan fingerprint density at radius 3 is 2.68 bits per heavy atom. The van der Waals surface area contributed by atoms with Crippen molar-refractivity contribution in [3.63, 3.8) is 0 Å². The molecule has 0 amide bonds. The molecule has 1 N–H and O–H groups in total. The van der Waals surface area contributed by atoms with Crippen molar-refractivity contribution >= 4 is 0 Å². The third-order valence-corrected chi connectivity index (χ3v) is 4.95. The number of nitrogens with one attached hydrogen (secondary N) is 1. The van der Waals surface area contributed by atoms with E-state index >= 15 is 0 Å². The van der Waals surface area contributed by atoms with Gasteiger partial charge in [-0.25, -0.2) is 0 Å². The number of ether oxygens (including phenoxy) is 1. The van der Waals surface area contributed by atoms with Crippen molar-refractivity contribution in [1.82, 2.24) is 15.1 Å². The summed E-state index contributed by atoms with van der Waals surface area (Å²) in [4.78, 5) is 5.33.